The predicted molar refractivity (Wildman–Crippen MR) is 93.3 cm³/mol. The number of carbonyl (C=O) groups excluding carboxylic acids is 1. The minimum absolute atomic E-state index is 0.131. The number of aryl methyl sites for hydroxylation is 3. The molecule has 0 aliphatic heterocycles. The van der Waals surface area contributed by atoms with Gasteiger partial charge in [-0.3, -0.25) is 14.3 Å². The van der Waals surface area contributed by atoms with Crippen LogP contribution in [0.25, 0.3) is 11.1 Å². The number of benzene rings is 1. The van der Waals surface area contributed by atoms with Crippen LogP contribution in [0, 0.1) is 6.92 Å². The molecule has 0 spiro atoms. The number of hydrogen-bond donors (Lipinski definition) is 0. The van der Waals surface area contributed by atoms with Crippen LogP contribution in [0.15, 0.2) is 51.7 Å². The zero-order valence-corrected chi connectivity index (χ0v) is 14.1. The molecule has 0 amide bonds. The van der Waals surface area contributed by atoms with Gasteiger partial charge >= 0.3 is 11.7 Å². The van der Waals surface area contributed by atoms with Gasteiger partial charge in [0, 0.05) is 17.9 Å². The van der Waals surface area contributed by atoms with Crippen LogP contribution < -0.4 is 5.76 Å². The average molecular weight is 340 g/mol. The van der Waals surface area contributed by atoms with Crippen molar-refractivity contribution in [3.05, 3.63) is 64.4 Å². The van der Waals surface area contributed by atoms with Gasteiger partial charge in [-0.2, -0.15) is 0 Å². The quantitative estimate of drug-likeness (QED) is 0.488. The standard InChI is InChI=1S/C19H20N2O4/c1-14-6-4-7-15(20-14)8-5-13-24-18(22)11-12-21-16-9-2-3-10-17(16)25-19(21)23/h2-4,6-7,9-10H,5,8,11-13H2,1H3. The number of hydrogen-bond acceptors (Lipinski definition) is 5. The first-order valence-corrected chi connectivity index (χ1v) is 8.30. The highest BCUT2D eigenvalue weighted by atomic mass is 16.5. The van der Waals surface area contributed by atoms with E-state index in [1.54, 1.807) is 18.2 Å². The van der Waals surface area contributed by atoms with Crippen LogP contribution in [-0.4, -0.2) is 22.1 Å². The van der Waals surface area contributed by atoms with Crippen molar-refractivity contribution < 1.29 is 13.9 Å². The van der Waals surface area contributed by atoms with Gasteiger partial charge in [0.2, 0.25) is 0 Å². The van der Waals surface area contributed by atoms with Crippen molar-refractivity contribution in [3.63, 3.8) is 0 Å². The Hall–Kier alpha value is -2.89. The minimum atomic E-state index is -0.459. The van der Waals surface area contributed by atoms with E-state index in [0.717, 1.165) is 24.2 Å². The number of ether oxygens (including phenoxy) is 1. The van der Waals surface area contributed by atoms with Crippen LogP contribution in [0.2, 0.25) is 0 Å². The number of rotatable bonds is 7. The Morgan fingerprint density at radius 2 is 2.04 bits per heavy atom. The molecule has 0 N–H and O–H groups in total. The number of esters is 1. The Morgan fingerprint density at radius 3 is 2.88 bits per heavy atom. The lowest BCUT2D eigenvalue weighted by Crippen LogP contribution is -2.17. The van der Waals surface area contributed by atoms with Crippen LogP contribution in [-0.2, 0) is 22.5 Å². The molecular formula is C19H20N2O4. The molecule has 0 aliphatic carbocycles. The van der Waals surface area contributed by atoms with Crippen LogP contribution in [0.4, 0.5) is 0 Å². The molecule has 2 aromatic heterocycles. The molecule has 130 valence electrons. The molecule has 2 heterocycles. The van der Waals surface area contributed by atoms with Gasteiger partial charge in [-0.15, -0.1) is 0 Å². The summed E-state index contributed by atoms with van der Waals surface area (Å²) in [6, 6.07) is 13.0. The van der Waals surface area contributed by atoms with Crippen molar-refractivity contribution in [1.82, 2.24) is 9.55 Å². The summed E-state index contributed by atoms with van der Waals surface area (Å²) >= 11 is 0. The fourth-order valence-electron chi connectivity index (χ4n) is 2.68. The SMILES string of the molecule is Cc1cccc(CCCOC(=O)CCn2c(=O)oc3ccccc32)n1. The normalized spacial score (nSPS) is 10.9. The Kier molecular flexibility index (Phi) is 5.28. The first-order valence-electron chi connectivity index (χ1n) is 8.30. The molecule has 0 unspecified atom stereocenters. The largest absolute Gasteiger partial charge is 0.466 e. The van der Waals surface area contributed by atoms with Crippen LogP contribution in [0.5, 0.6) is 0 Å². The minimum Gasteiger partial charge on any atom is -0.466 e. The number of nitrogens with zero attached hydrogens (tertiary/aromatic N) is 2. The Labute approximate surface area is 145 Å². The van der Waals surface area contributed by atoms with Gasteiger partial charge in [0.25, 0.3) is 0 Å². The molecule has 0 saturated heterocycles. The number of oxazole rings is 1. The van der Waals surface area contributed by atoms with Crippen LogP contribution in [0.1, 0.15) is 24.2 Å². The molecule has 0 fully saturated rings. The molecule has 3 rings (SSSR count). The highest BCUT2D eigenvalue weighted by molar-refractivity contribution is 5.73. The highest BCUT2D eigenvalue weighted by Gasteiger charge is 2.11. The summed E-state index contributed by atoms with van der Waals surface area (Å²) in [7, 11) is 0. The third-order valence-electron chi connectivity index (χ3n) is 3.90. The molecule has 25 heavy (non-hydrogen) atoms. The van der Waals surface area contributed by atoms with E-state index in [1.165, 1.54) is 4.57 Å². The molecule has 0 atom stereocenters. The lowest BCUT2D eigenvalue weighted by Gasteiger charge is -2.06. The Bertz CT molecular complexity index is 926. The summed E-state index contributed by atoms with van der Waals surface area (Å²) in [6.07, 6.45) is 1.61. The van der Waals surface area contributed by atoms with Crippen molar-refractivity contribution in [3.8, 4) is 0 Å². The smallest absolute Gasteiger partial charge is 0.419 e. The van der Waals surface area contributed by atoms with Gasteiger partial charge < -0.3 is 9.15 Å². The van der Waals surface area contributed by atoms with Gasteiger partial charge in [-0.1, -0.05) is 18.2 Å². The molecule has 0 saturated carbocycles. The molecule has 0 radical (unpaired) electrons. The number of pyridine rings is 1. The topological polar surface area (TPSA) is 74.3 Å². The number of aromatic nitrogens is 2. The van der Waals surface area contributed by atoms with E-state index in [4.69, 9.17) is 9.15 Å². The molecule has 6 nitrogen and oxygen atoms in total. The maximum Gasteiger partial charge on any atom is 0.419 e. The van der Waals surface area contributed by atoms with E-state index in [9.17, 15) is 9.59 Å². The molecule has 6 heteroatoms. The molecule has 0 bridgehead atoms. The summed E-state index contributed by atoms with van der Waals surface area (Å²) in [5, 5.41) is 0. The van der Waals surface area contributed by atoms with Crippen molar-refractivity contribution in [2.45, 2.75) is 32.7 Å². The molecule has 0 aliphatic rings. The van der Waals surface area contributed by atoms with E-state index in [2.05, 4.69) is 4.98 Å². The Balaban J connectivity index is 1.45. The second-order valence-electron chi connectivity index (χ2n) is 5.83. The van der Waals surface area contributed by atoms with Gasteiger partial charge in [0.1, 0.15) is 0 Å². The summed E-state index contributed by atoms with van der Waals surface area (Å²) in [6.45, 7) is 2.54. The maximum atomic E-state index is 11.9. The van der Waals surface area contributed by atoms with Crippen molar-refractivity contribution in [2.24, 2.45) is 0 Å². The van der Waals surface area contributed by atoms with E-state index in [0.29, 0.717) is 17.7 Å². The zero-order chi connectivity index (χ0) is 17.6. The van der Waals surface area contributed by atoms with Crippen molar-refractivity contribution >= 4 is 17.1 Å². The van der Waals surface area contributed by atoms with Gasteiger partial charge in [-0.25, -0.2) is 4.79 Å². The van der Waals surface area contributed by atoms with E-state index in [-0.39, 0.29) is 18.9 Å². The first kappa shape index (κ1) is 17.0. The Morgan fingerprint density at radius 1 is 1.20 bits per heavy atom. The summed E-state index contributed by atoms with van der Waals surface area (Å²) in [5.74, 6) is -0.783. The maximum absolute atomic E-state index is 11.9. The van der Waals surface area contributed by atoms with Crippen LogP contribution in [0.3, 0.4) is 0 Å². The summed E-state index contributed by atoms with van der Waals surface area (Å²) in [5.41, 5.74) is 3.18. The fourth-order valence-corrected chi connectivity index (χ4v) is 2.68. The molecular weight excluding hydrogens is 320 g/mol. The van der Waals surface area contributed by atoms with Crippen LogP contribution >= 0.6 is 0 Å². The summed E-state index contributed by atoms with van der Waals surface area (Å²) < 4.78 is 11.8. The number of carbonyl (C=O) groups is 1. The number of fused-ring (bicyclic) bond motifs is 1. The monoisotopic (exact) mass is 340 g/mol. The third-order valence-corrected chi connectivity index (χ3v) is 3.90. The highest BCUT2D eigenvalue weighted by Crippen LogP contribution is 2.12. The van der Waals surface area contributed by atoms with Gasteiger partial charge in [-0.05, 0) is 44.0 Å². The zero-order valence-electron chi connectivity index (χ0n) is 14.1. The average Bonchev–Trinajstić information content (AvgIpc) is 2.92. The number of para-hydroxylation sites is 2. The van der Waals surface area contributed by atoms with Gasteiger partial charge in [0.05, 0.1) is 18.5 Å². The summed E-state index contributed by atoms with van der Waals surface area (Å²) in [4.78, 5) is 28.1. The van der Waals surface area contributed by atoms with E-state index >= 15 is 0 Å². The van der Waals surface area contributed by atoms with Crippen molar-refractivity contribution in [2.75, 3.05) is 6.61 Å². The second-order valence-corrected chi connectivity index (χ2v) is 5.83. The van der Waals surface area contributed by atoms with Crippen molar-refractivity contribution in [1.29, 1.82) is 0 Å². The molecule has 1 aromatic carbocycles. The van der Waals surface area contributed by atoms with E-state index < -0.39 is 5.76 Å². The second kappa shape index (κ2) is 7.79. The van der Waals surface area contributed by atoms with Gasteiger partial charge in [0.15, 0.2) is 5.58 Å². The lowest BCUT2D eigenvalue weighted by molar-refractivity contribution is -0.144. The lowest BCUT2D eigenvalue weighted by atomic mass is 10.2. The predicted octanol–water partition coefficient (Wildman–Crippen LogP) is 2.86. The fraction of sp³-hybridized carbons (Fsp3) is 0.316. The molecule has 3 aromatic rings. The van der Waals surface area contributed by atoms with E-state index in [1.807, 2.05) is 31.2 Å². The third kappa shape index (κ3) is 4.35. The first-order chi connectivity index (χ1) is 12.1.